The lowest BCUT2D eigenvalue weighted by molar-refractivity contribution is 0.0916. The topological polar surface area (TPSA) is 55.8 Å². The van der Waals surface area contributed by atoms with Crippen LogP contribution in [0.1, 0.15) is 27.6 Å². The molecule has 1 atom stereocenters. The number of hydrogen-bond acceptors (Lipinski definition) is 4. The molecule has 0 saturated carbocycles. The van der Waals surface area contributed by atoms with Gasteiger partial charge in [0.15, 0.2) is 0 Å². The van der Waals surface area contributed by atoms with Crippen LogP contribution in [0.15, 0.2) is 48.5 Å². The molecule has 0 aromatic heterocycles. The smallest absolute Gasteiger partial charge is 0.266 e. The van der Waals surface area contributed by atoms with Crippen LogP contribution in [-0.2, 0) is 4.74 Å². The highest BCUT2D eigenvalue weighted by Crippen LogP contribution is 2.29. The Balaban J connectivity index is 1.81. The molecular weight excluding hydrogens is 294 g/mol. The van der Waals surface area contributed by atoms with E-state index >= 15 is 0 Å². The monoisotopic (exact) mass is 311 g/mol. The van der Waals surface area contributed by atoms with Crippen molar-refractivity contribution in [3.8, 4) is 5.75 Å². The average molecular weight is 311 g/mol. The van der Waals surface area contributed by atoms with Crippen LogP contribution in [-0.4, -0.2) is 31.6 Å². The SMILES string of the molecule is COCC(C)Oc1ccc(N2C(=O)c3ccccc3C2=O)cc1. The zero-order chi connectivity index (χ0) is 16.4. The first-order valence-corrected chi connectivity index (χ1v) is 7.35. The number of methoxy groups -OCH3 is 1. The molecule has 1 aliphatic rings. The van der Waals surface area contributed by atoms with Gasteiger partial charge in [-0.1, -0.05) is 12.1 Å². The predicted octanol–water partition coefficient (Wildman–Crippen LogP) is 2.90. The van der Waals surface area contributed by atoms with E-state index in [1.807, 2.05) is 6.92 Å². The number of fused-ring (bicyclic) bond motifs is 1. The summed E-state index contributed by atoms with van der Waals surface area (Å²) in [5, 5.41) is 0. The van der Waals surface area contributed by atoms with Crippen molar-refractivity contribution in [2.45, 2.75) is 13.0 Å². The van der Waals surface area contributed by atoms with Crippen molar-refractivity contribution >= 4 is 17.5 Å². The van der Waals surface area contributed by atoms with Crippen LogP contribution >= 0.6 is 0 Å². The molecule has 1 unspecified atom stereocenters. The number of hydrogen-bond donors (Lipinski definition) is 0. The van der Waals surface area contributed by atoms with Gasteiger partial charge < -0.3 is 9.47 Å². The van der Waals surface area contributed by atoms with Crippen molar-refractivity contribution in [2.24, 2.45) is 0 Å². The first-order valence-electron chi connectivity index (χ1n) is 7.35. The van der Waals surface area contributed by atoms with Gasteiger partial charge in [0.2, 0.25) is 0 Å². The lowest BCUT2D eigenvalue weighted by Gasteiger charge is -2.16. The number of ether oxygens (including phenoxy) is 2. The summed E-state index contributed by atoms with van der Waals surface area (Å²) in [6.07, 6.45) is -0.0786. The first-order chi connectivity index (χ1) is 11.1. The van der Waals surface area contributed by atoms with Crippen molar-refractivity contribution in [1.29, 1.82) is 0 Å². The van der Waals surface area contributed by atoms with E-state index in [-0.39, 0.29) is 17.9 Å². The molecule has 5 heteroatoms. The van der Waals surface area contributed by atoms with Gasteiger partial charge in [-0.05, 0) is 43.3 Å². The molecule has 23 heavy (non-hydrogen) atoms. The molecular formula is C18H17NO4. The average Bonchev–Trinajstić information content (AvgIpc) is 2.81. The first kappa shape index (κ1) is 15.2. The third-order valence-corrected chi connectivity index (χ3v) is 3.63. The number of carbonyl (C=O) groups is 2. The molecule has 0 fully saturated rings. The maximum absolute atomic E-state index is 12.4. The van der Waals surface area contributed by atoms with Crippen molar-refractivity contribution in [1.82, 2.24) is 0 Å². The van der Waals surface area contributed by atoms with Crippen molar-refractivity contribution in [2.75, 3.05) is 18.6 Å². The van der Waals surface area contributed by atoms with Gasteiger partial charge >= 0.3 is 0 Å². The number of benzene rings is 2. The van der Waals surface area contributed by atoms with Crippen LogP contribution in [0.2, 0.25) is 0 Å². The fourth-order valence-corrected chi connectivity index (χ4v) is 2.60. The Kier molecular flexibility index (Phi) is 4.12. The van der Waals surface area contributed by atoms with Gasteiger partial charge in [-0.3, -0.25) is 9.59 Å². The molecule has 2 aromatic carbocycles. The third-order valence-electron chi connectivity index (χ3n) is 3.63. The number of imide groups is 1. The molecule has 0 bridgehead atoms. The minimum atomic E-state index is -0.299. The Morgan fingerprint density at radius 3 is 2.04 bits per heavy atom. The Hall–Kier alpha value is -2.66. The molecule has 118 valence electrons. The van der Waals surface area contributed by atoms with Crippen LogP contribution in [0.25, 0.3) is 0 Å². The second-order valence-corrected chi connectivity index (χ2v) is 5.37. The Morgan fingerprint density at radius 1 is 0.957 bits per heavy atom. The quantitative estimate of drug-likeness (QED) is 0.797. The number of amides is 2. The molecule has 0 saturated heterocycles. The van der Waals surface area contributed by atoms with E-state index in [0.717, 1.165) is 0 Å². The molecule has 5 nitrogen and oxygen atoms in total. The van der Waals surface area contributed by atoms with Crippen molar-refractivity contribution < 1.29 is 19.1 Å². The minimum absolute atomic E-state index is 0.0786. The van der Waals surface area contributed by atoms with Gasteiger partial charge in [0.25, 0.3) is 11.8 Å². The summed E-state index contributed by atoms with van der Waals surface area (Å²) in [6.45, 7) is 2.39. The molecule has 1 aliphatic heterocycles. The highest BCUT2D eigenvalue weighted by atomic mass is 16.5. The molecule has 0 spiro atoms. The summed E-state index contributed by atoms with van der Waals surface area (Å²) in [7, 11) is 1.62. The van der Waals surface area contributed by atoms with Crippen LogP contribution in [0.3, 0.4) is 0 Å². The van der Waals surface area contributed by atoms with E-state index < -0.39 is 0 Å². The van der Waals surface area contributed by atoms with Gasteiger partial charge in [0.05, 0.1) is 23.4 Å². The largest absolute Gasteiger partial charge is 0.488 e. The number of nitrogens with zero attached hydrogens (tertiary/aromatic N) is 1. The van der Waals surface area contributed by atoms with Crippen LogP contribution in [0, 0.1) is 0 Å². The summed E-state index contributed by atoms with van der Waals surface area (Å²) in [5.41, 5.74) is 1.40. The van der Waals surface area contributed by atoms with Crippen molar-refractivity contribution in [3.63, 3.8) is 0 Å². The van der Waals surface area contributed by atoms with Crippen LogP contribution < -0.4 is 9.64 Å². The normalized spacial score (nSPS) is 14.8. The van der Waals surface area contributed by atoms with E-state index in [9.17, 15) is 9.59 Å². The van der Waals surface area contributed by atoms with E-state index in [2.05, 4.69) is 0 Å². The molecule has 0 N–H and O–H groups in total. The van der Waals surface area contributed by atoms with Gasteiger partial charge in [0.1, 0.15) is 11.9 Å². The fraction of sp³-hybridized carbons (Fsp3) is 0.222. The lowest BCUT2D eigenvalue weighted by Crippen LogP contribution is -2.29. The Bertz CT molecular complexity index is 704. The Morgan fingerprint density at radius 2 is 1.52 bits per heavy atom. The predicted molar refractivity (Wildman–Crippen MR) is 86.0 cm³/mol. The maximum Gasteiger partial charge on any atom is 0.266 e. The van der Waals surface area contributed by atoms with E-state index in [4.69, 9.17) is 9.47 Å². The summed E-state index contributed by atoms with van der Waals surface area (Å²) in [4.78, 5) is 26.0. The van der Waals surface area contributed by atoms with Gasteiger partial charge in [-0.2, -0.15) is 0 Å². The molecule has 3 rings (SSSR count). The second kappa shape index (κ2) is 6.22. The number of carbonyl (C=O) groups excluding carboxylic acids is 2. The highest BCUT2D eigenvalue weighted by Gasteiger charge is 2.36. The van der Waals surface area contributed by atoms with Gasteiger partial charge in [-0.25, -0.2) is 4.90 Å². The third kappa shape index (κ3) is 2.83. The fourth-order valence-electron chi connectivity index (χ4n) is 2.60. The van der Waals surface area contributed by atoms with Gasteiger partial charge in [0, 0.05) is 7.11 Å². The van der Waals surface area contributed by atoms with E-state index in [1.165, 1.54) is 4.90 Å². The Labute approximate surface area is 134 Å². The van der Waals surface area contributed by atoms with Gasteiger partial charge in [-0.15, -0.1) is 0 Å². The molecule has 0 aliphatic carbocycles. The van der Waals surface area contributed by atoms with E-state index in [1.54, 1.807) is 55.6 Å². The van der Waals surface area contributed by atoms with Crippen molar-refractivity contribution in [3.05, 3.63) is 59.7 Å². The minimum Gasteiger partial charge on any atom is -0.488 e. The van der Waals surface area contributed by atoms with Crippen LogP contribution in [0.5, 0.6) is 5.75 Å². The highest BCUT2D eigenvalue weighted by molar-refractivity contribution is 6.34. The molecule has 2 aromatic rings. The molecule has 1 heterocycles. The zero-order valence-electron chi connectivity index (χ0n) is 13.0. The lowest BCUT2D eigenvalue weighted by atomic mass is 10.1. The number of rotatable bonds is 5. The summed E-state index contributed by atoms with van der Waals surface area (Å²) >= 11 is 0. The summed E-state index contributed by atoms with van der Waals surface area (Å²) in [6, 6.07) is 13.7. The van der Waals surface area contributed by atoms with Crippen LogP contribution in [0.4, 0.5) is 5.69 Å². The molecule has 0 radical (unpaired) electrons. The summed E-state index contributed by atoms with van der Waals surface area (Å²) in [5.74, 6) is 0.0638. The second-order valence-electron chi connectivity index (χ2n) is 5.37. The molecule has 2 amide bonds. The summed E-state index contributed by atoms with van der Waals surface area (Å²) < 4.78 is 10.7. The maximum atomic E-state index is 12.4. The number of anilines is 1. The van der Waals surface area contributed by atoms with E-state index in [0.29, 0.717) is 29.2 Å². The standard InChI is InChI=1S/C18H17NO4/c1-12(11-22-2)23-14-9-7-13(8-10-14)19-17(20)15-5-3-4-6-16(15)18(19)21/h3-10,12H,11H2,1-2H3. The zero-order valence-corrected chi connectivity index (χ0v) is 13.0.